The summed E-state index contributed by atoms with van der Waals surface area (Å²) in [5.41, 5.74) is 3.10. The van der Waals surface area contributed by atoms with Gasteiger partial charge in [0.05, 0.1) is 0 Å². The normalized spacial score (nSPS) is 28.3. The molecule has 2 saturated carbocycles. The molecule has 2 aliphatic carbocycles. The molecule has 4 atom stereocenters. The molecule has 1 heteroatoms. The van der Waals surface area contributed by atoms with Crippen molar-refractivity contribution in [1.29, 1.82) is 0 Å². The molecule has 35 heavy (non-hydrogen) atoms. The number of aliphatic hydroxyl groups is 1. The first-order chi connectivity index (χ1) is 17.2. The van der Waals surface area contributed by atoms with Gasteiger partial charge in [-0.3, -0.25) is 0 Å². The third-order valence-corrected chi connectivity index (χ3v) is 10.1. The molecule has 0 aromatic heterocycles. The molecular formula is C34H52O. The molecule has 0 heterocycles. The van der Waals surface area contributed by atoms with Gasteiger partial charge in [-0.1, -0.05) is 82.9 Å². The Labute approximate surface area is 216 Å². The van der Waals surface area contributed by atoms with Crippen LogP contribution in [0.1, 0.15) is 121 Å². The van der Waals surface area contributed by atoms with E-state index in [1.807, 2.05) is 0 Å². The molecule has 0 amide bonds. The minimum atomic E-state index is 0.371. The van der Waals surface area contributed by atoms with Crippen molar-refractivity contribution in [3.8, 4) is 0 Å². The summed E-state index contributed by atoms with van der Waals surface area (Å²) in [6.45, 7) is 7.40. The maximum Gasteiger partial charge on any atom is 0.0433 e. The predicted molar refractivity (Wildman–Crippen MR) is 152 cm³/mol. The minimum Gasteiger partial charge on any atom is -0.396 e. The van der Waals surface area contributed by atoms with E-state index < -0.39 is 0 Å². The highest BCUT2D eigenvalue weighted by Gasteiger charge is 2.36. The van der Waals surface area contributed by atoms with Gasteiger partial charge in [0, 0.05) is 6.61 Å². The number of aliphatic hydroxyl groups excluding tert-OH is 1. The Morgan fingerprint density at radius 2 is 1.57 bits per heavy atom. The zero-order valence-corrected chi connectivity index (χ0v) is 23.0. The SMILES string of the molecule is CCCCCc1ccc2cc(C3CCC(C4CCC(C(CC)CCO)CC4)CC3CC)ccc2c1. The van der Waals surface area contributed by atoms with E-state index in [0.717, 1.165) is 41.9 Å². The lowest BCUT2D eigenvalue weighted by molar-refractivity contribution is 0.101. The molecule has 0 bridgehead atoms. The first-order valence-corrected chi connectivity index (χ1v) is 15.3. The third kappa shape index (κ3) is 6.71. The van der Waals surface area contributed by atoms with Gasteiger partial charge in [-0.25, -0.2) is 0 Å². The molecule has 1 N–H and O–H groups in total. The number of rotatable bonds is 11. The average Bonchev–Trinajstić information content (AvgIpc) is 2.91. The summed E-state index contributed by atoms with van der Waals surface area (Å²) < 4.78 is 0. The molecule has 1 nitrogen and oxygen atoms in total. The maximum absolute atomic E-state index is 9.44. The minimum absolute atomic E-state index is 0.371. The fourth-order valence-corrected chi connectivity index (χ4v) is 7.92. The van der Waals surface area contributed by atoms with E-state index in [4.69, 9.17) is 0 Å². The van der Waals surface area contributed by atoms with E-state index >= 15 is 0 Å². The first-order valence-electron chi connectivity index (χ1n) is 15.3. The van der Waals surface area contributed by atoms with Crippen molar-refractivity contribution < 1.29 is 5.11 Å². The molecular weight excluding hydrogens is 424 g/mol. The molecule has 0 spiro atoms. The van der Waals surface area contributed by atoms with Crippen molar-refractivity contribution in [2.45, 2.75) is 117 Å². The molecule has 2 aliphatic rings. The van der Waals surface area contributed by atoms with Crippen LogP contribution in [0.3, 0.4) is 0 Å². The van der Waals surface area contributed by atoms with Crippen LogP contribution in [0.15, 0.2) is 36.4 Å². The zero-order chi connectivity index (χ0) is 24.6. The van der Waals surface area contributed by atoms with Crippen LogP contribution in [0.4, 0.5) is 0 Å². The quantitative estimate of drug-likeness (QED) is 0.320. The highest BCUT2D eigenvalue weighted by atomic mass is 16.3. The fourth-order valence-electron chi connectivity index (χ4n) is 7.92. The highest BCUT2D eigenvalue weighted by molar-refractivity contribution is 5.84. The Bertz CT molecular complexity index is 893. The topological polar surface area (TPSA) is 20.2 Å². The molecule has 2 aromatic rings. The molecule has 0 saturated heterocycles. The molecule has 4 rings (SSSR count). The van der Waals surface area contributed by atoms with Crippen molar-refractivity contribution in [2.24, 2.45) is 29.6 Å². The van der Waals surface area contributed by atoms with E-state index in [9.17, 15) is 5.11 Å². The van der Waals surface area contributed by atoms with Gasteiger partial charge in [-0.15, -0.1) is 0 Å². The van der Waals surface area contributed by atoms with Gasteiger partial charge >= 0.3 is 0 Å². The Kier molecular flexibility index (Phi) is 10.1. The largest absolute Gasteiger partial charge is 0.396 e. The predicted octanol–water partition coefficient (Wildman–Crippen LogP) is 9.70. The number of fused-ring (bicyclic) bond motifs is 1. The highest BCUT2D eigenvalue weighted by Crippen LogP contribution is 2.49. The van der Waals surface area contributed by atoms with Crippen LogP contribution in [-0.2, 0) is 6.42 Å². The van der Waals surface area contributed by atoms with E-state index in [0.29, 0.717) is 6.61 Å². The summed E-state index contributed by atoms with van der Waals surface area (Å²) in [4.78, 5) is 0. The van der Waals surface area contributed by atoms with Crippen LogP contribution < -0.4 is 0 Å². The van der Waals surface area contributed by atoms with Crippen LogP contribution >= 0.6 is 0 Å². The summed E-state index contributed by atoms with van der Waals surface area (Å²) in [7, 11) is 0. The van der Waals surface area contributed by atoms with Crippen LogP contribution in [0.5, 0.6) is 0 Å². The van der Waals surface area contributed by atoms with E-state index in [-0.39, 0.29) is 0 Å². The van der Waals surface area contributed by atoms with E-state index in [1.165, 1.54) is 99.8 Å². The lowest BCUT2D eigenvalue weighted by atomic mass is 9.63. The molecule has 0 aliphatic heterocycles. The second kappa shape index (κ2) is 13.3. The third-order valence-electron chi connectivity index (χ3n) is 10.1. The van der Waals surface area contributed by atoms with Gasteiger partial charge < -0.3 is 5.11 Å². The Morgan fingerprint density at radius 1 is 0.829 bits per heavy atom. The van der Waals surface area contributed by atoms with Gasteiger partial charge in [0.1, 0.15) is 0 Å². The summed E-state index contributed by atoms with van der Waals surface area (Å²) in [6.07, 6.45) is 18.7. The van der Waals surface area contributed by atoms with Crippen molar-refractivity contribution >= 4 is 10.8 Å². The lowest BCUT2D eigenvalue weighted by Gasteiger charge is -2.43. The second-order valence-corrected chi connectivity index (χ2v) is 12.1. The average molecular weight is 477 g/mol. The van der Waals surface area contributed by atoms with E-state index in [1.54, 1.807) is 5.56 Å². The Hall–Kier alpha value is -1.34. The van der Waals surface area contributed by atoms with Crippen LogP contribution in [0.25, 0.3) is 10.8 Å². The van der Waals surface area contributed by atoms with Crippen molar-refractivity contribution in [1.82, 2.24) is 0 Å². The van der Waals surface area contributed by atoms with Crippen molar-refractivity contribution in [3.05, 3.63) is 47.5 Å². The summed E-state index contributed by atoms with van der Waals surface area (Å²) in [5, 5.41) is 12.3. The lowest BCUT2D eigenvalue weighted by Crippen LogP contribution is -2.31. The summed E-state index contributed by atoms with van der Waals surface area (Å²) >= 11 is 0. The number of hydrogen-bond donors (Lipinski definition) is 1. The smallest absolute Gasteiger partial charge is 0.0433 e. The van der Waals surface area contributed by atoms with Crippen LogP contribution in [0.2, 0.25) is 0 Å². The molecule has 0 radical (unpaired) electrons. The molecule has 2 aromatic carbocycles. The Morgan fingerprint density at radius 3 is 2.29 bits per heavy atom. The molecule has 4 unspecified atom stereocenters. The number of unbranched alkanes of at least 4 members (excludes halogenated alkanes) is 2. The number of benzene rings is 2. The van der Waals surface area contributed by atoms with Gasteiger partial charge in [-0.2, -0.15) is 0 Å². The summed E-state index contributed by atoms with van der Waals surface area (Å²) in [5.74, 6) is 5.11. The maximum atomic E-state index is 9.44. The number of hydrogen-bond acceptors (Lipinski definition) is 1. The molecule has 194 valence electrons. The van der Waals surface area contributed by atoms with E-state index in [2.05, 4.69) is 57.2 Å². The van der Waals surface area contributed by atoms with Gasteiger partial charge in [-0.05, 0) is 122 Å². The van der Waals surface area contributed by atoms with Crippen LogP contribution in [-0.4, -0.2) is 11.7 Å². The molecule has 2 fully saturated rings. The van der Waals surface area contributed by atoms with Gasteiger partial charge in [0.2, 0.25) is 0 Å². The van der Waals surface area contributed by atoms with Gasteiger partial charge in [0.15, 0.2) is 0 Å². The van der Waals surface area contributed by atoms with Crippen LogP contribution in [0, 0.1) is 29.6 Å². The summed E-state index contributed by atoms with van der Waals surface area (Å²) in [6, 6.07) is 14.6. The standard InChI is InChI=1S/C34H52O/c1-4-7-8-9-25-10-11-32-24-33(17-16-30(32)22-25)34-19-18-31(23-27(34)6-3)29-14-12-28(13-15-29)26(5-2)20-21-35/h10-11,16-17,22,24,26-29,31,34-35H,4-9,12-15,18-21,23H2,1-3H3. The second-order valence-electron chi connectivity index (χ2n) is 12.1. The monoisotopic (exact) mass is 476 g/mol. The van der Waals surface area contributed by atoms with Gasteiger partial charge in [0.25, 0.3) is 0 Å². The Balaban J connectivity index is 1.36. The number of aryl methyl sites for hydroxylation is 1. The zero-order valence-electron chi connectivity index (χ0n) is 23.0. The fraction of sp³-hybridized carbons (Fsp3) is 0.706. The van der Waals surface area contributed by atoms with Crippen molar-refractivity contribution in [2.75, 3.05) is 6.61 Å². The first kappa shape index (κ1) is 26.7. The van der Waals surface area contributed by atoms with Crippen molar-refractivity contribution in [3.63, 3.8) is 0 Å².